The molecular weight excluding hydrogens is 358 g/mol. The Morgan fingerprint density at radius 2 is 1.68 bits per heavy atom. The summed E-state index contributed by atoms with van der Waals surface area (Å²) in [5, 5.41) is 0. The number of likely N-dealkylation sites (tertiary alicyclic amines) is 1. The van der Waals surface area contributed by atoms with Crippen LogP contribution in [0.5, 0.6) is 0 Å². The van der Waals surface area contributed by atoms with Gasteiger partial charge >= 0.3 is 0 Å². The molecule has 4 rings (SSSR count). The minimum absolute atomic E-state index is 0.344. The van der Waals surface area contributed by atoms with Crippen molar-refractivity contribution in [2.75, 3.05) is 20.1 Å². The number of hydrogen-bond donors (Lipinski definition) is 0. The van der Waals surface area contributed by atoms with Crippen molar-refractivity contribution in [2.45, 2.75) is 32.7 Å². The van der Waals surface area contributed by atoms with Gasteiger partial charge in [-0.15, -0.1) is 0 Å². The first-order valence-electron chi connectivity index (χ1n) is 9.59. The molecule has 1 saturated heterocycles. The number of fused-ring (bicyclic) bond motifs is 1. The van der Waals surface area contributed by atoms with Crippen LogP contribution >= 0.6 is 0 Å². The van der Waals surface area contributed by atoms with E-state index in [9.17, 15) is 8.78 Å². The molecule has 0 saturated carbocycles. The fourth-order valence-corrected chi connectivity index (χ4v) is 4.06. The molecule has 3 heterocycles. The zero-order valence-electron chi connectivity index (χ0n) is 16.4. The number of benzene rings is 1. The van der Waals surface area contributed by atoms with E-state index in [2.05, 4.69) is 46.4 Å². The normalized spacial score (nSPS) is 16.5. The van der Waals surface area contributed by atoms with Crippen molar-refractivity contribution in [1.82, 2.24) is 19.4 Å². The second kappa shape index (κ2) is 7.43. The van der Waals surface area contributed by atoms with Crippen LogP contribution in [0.4, 0.5) is 8.78 Å². The van der Waals surface area contributed by atoms with E-state index in [1.54, 1.807) is 6.20 Å². The van der Waals surface area contributed by atoms with Crippen LogP contribution in [-0.2, 0) is 0 Å². The predicted molar refractivity (Wildman–Crippen MR) is 108 cm³/mol. The average molecular weight is 382 g/mol. The highest BCUT2D eigenvalue weighted by molar-refractivity contribution is 5.77. The van der Waals surface area contributed by atoms with Crippen LogP contribution in [0, 0.1) is 25.5 Å². The molecule has 4 nitrogen and oxygen atoms in total. The summed E-state index contributed by atoms with van der Waals surface area (Å²) in [6, 6.07) is 4.88. The van der Waals surface area contributed by atoms with Gasteiger partial charge in [-0.1, -0.05) is 6.08 Å². The summed E-state index contributed by atoms with van der Waals surface area (Å²) in [5.41, 5.74) is 4.94. The molecule has 0 N–H and O–H groups in total. The molecule has 6 heteroatoms. The maximum absolute atomic E-state index is 13.5. The van der Waals surface area contributed by atoms with Crippen molar-refractivity contribution in [3.05, 3.63) is 58.7 Å². The van der Waals surface area contributed by atoms with Gasteiger partial charge in [-0.05, 0) is 64.5 Å². The van der Waals surface area contributed by atoms with E-state index in [0.29, 0.717) is 22.8 Å². The van der Waals surface area contributed by atoms with Crippen molar-refractivity contribution in [3.63, 3.8) is 0 Å². The Hall–Kier alpha value is -2.60. The Balaban J connectivity index is 1.60. The summed E-state index contributed by atoms with van der Waals surface area (Å²) in [4.78, 5) is 10.9. The minimum Gasteiger partial charge on any atom is -0.345 e. The van der Waals surface area contributed by atoms with Crippen LogP contribution in [0.2, 0.25) is 0 Å². The Morgan fingerprint density at radius 1 is 1.00 bits per heavy atom. The van der Waals surface area contributed by atoms with Gasteiger partial charge in [-0.3, -0.25) is 4.98 Å². The molecule has 0 bridgehead atoms. The summed E-state index contributed by atoms with van der Waals surface area (Å²) in [7, 11) is 2.17. The number of rotatable bonds is 3. The smallest absolute Gasteiger partial charge is 0.161 e. The minimum atomic E-state index is -0.912. The Kier molecular flexibility index (Phi) is 4.98. The summed E-state index contributed by atoms with van der Waals surface area (Å²) in [6.45, 7) is 6.54. The highest BCUT2D eigenvalue weighted by Gasteiger charge is 2.21. The van der Waals surface area contributed by atoms with E-state index in [1.807, 2.05) is 12.2 Å². The molecule has 0 atom stereocenters. The third-order valence-corrected chi connectivity index (χ3v) is 5.61. The van der Waals surface area contributed by atoms with Gasteiger partial charge < -0.3 is 9.47 Å². The number of hydrogen-bond acceptors (Lipinski definition) is 3. The van der Waals surface area contributed by atoms with Crippen molar-refractivity contribution in [3.8, 4) is 0 Å². The van der Waals surface area contributed by atoms with Gasteiger partial charge in [0.1, 0.15) is 0 Å². The number of aryl methyl sites for hydroxylation is 1. The molecule has 0 radical (unpaired) electrons. The van der Waals surface area contributed by atoms with Crippen LogP contribution < -0.4 is 0 Å². The molecule has 28 heavy (non-hydrogen) atoms. The topological polar surface area (TPSA) is 34.0 Å². The van der Waals surface area contributed by atoms with Gasteiger partial charge in [0.05, 0.1) is 22.9 Å². The molecule has 0 spiro atoms. The van der Waals surface area contributed by atoms with Crippen LogP contribution in [0.25, 0.3) is 23.2 Å². The van der Waals surface area contributed by atoms with E-state index in [0.717, 1.165) is 43.6 Å². The zero-order chi connectivity index (χ0) is 19.8. The van der Waals surface area contributed by atoms with Crippen LogP contribution in [0.3, 0.4) is 0 Å². The van der Waals surface area contributed by atoms with Gasteiger partial charge in [-0.2, -0.15) is 0 Å². The standard InChI is InChI=1S/C22H24F2N4/c1-14-10-16(15(2)28(14)18-6-8-27(3)9-7-18)4-5-17-13-25-21-11-19(23)20(24)12-22(21)26-17/h4-5,10-13,18H,6-9H2,1-3H3. The van der Waals surface area contributed by atoms with Crippen molar-refractivity contribution < 1.29 is 8.78 Å². The maximum atomic E-state index is 13.5. The van der Waals surface area contributed by atoms with Crippen LogP contribution in [0.1, 0.15) is 41.5 Å². The van der Waals surface area contributed by atoms with Gasteiger partial charge in [0.25, 0.3) is 0 Å². The summed E-state index contributed by atoms with van der Waals surface area (Å²) < 4.78 is 29.2. The average Bonchev–Trinajstić information content (AvgIpc) is 2.95. The first kappa shape index (κ1) is 18.7. The molecule has 1 aliphatic rings. The number of piperidine rings is 1. The monoisotopic (exact) mass is 382 g/mol. The molecule has 146 valence electrons. The fraction of sp³-hybridized carbons (Fsp3) is 0.364. The second-order valence-electron chi connectivity index (χ2n) is 7.61. The largest absolute Gasteiger partial charge is 0.345 e. The Labute approximate surface area is 163 Å². The lowest BCUT2D eigenvalue weighted by Crippen LogP contribution is -2.32. The second-order valence-corrected chi connectivity index (χ2v) is 7.61. The van der Waals surface area contributed by atoms with Gasteiger partial charge in [-0.25, -0.2) is 13.8 Å². The van der Waals surface area contributed by atoms with Crippen LogP contribution in [-0.4, -0.2) is 39.6 Å². The molecular formula is C22H24F2N4. The predicted octanol–water partition coefficient (Wildman–Crippen LogP) is 4.76. The third-order valence-electron chi connectivity index (χ3n) is 5.61. The first-order valence-corrected chi connectivity index (χ1v) is 9.59. The molecule has 1 aromatic carbocycles. The molecule has 1 aliphatic heterocycles. The molecule has 0 amide bonds. The van der Waals surface area contributed by atoms with E-state index in [-0.39, 0.29) is 0 Å². The van der Waals surface area contributed by atoms with Gasteiger partial charge in [0, 0.05) is 29.6 Å². The molecule has 1 fully saturated rings. The number of nitrogens with zero attached hydrogens (tertiary/aromatic N) is 4. The third kappa shape index (κ3) is 3.56. The summed E-state index contributed by atoms with van der Waals surface area (Å²) in [6.07, 6.45) is 7.78. The molecule has 0 aliphatic carbocycles. The van der Waals surface area contributed by atoms with Crippen molar-refractivity contribution >= 4 is 23.2 Å². The Bertz CT molecular complexity index is 1050. The quantitative estimate of drug-likeness (QED) is 0.655. The fourth-order valence-electron chi connectivity index (χ4n) is 4.06. The van der Waals surface area contributed by atoms with Crippen LogP contribution in [0.15, 0.2) is 24.4 Å². The lowest BCUT2D eigenvalue weighted by molar-refractivity contribution is 0.218. The van der Waals surface area contributed by atoms with E-state index >= 15 is 0 Å². The summed E-state index contributed by atoms with van der Waals surface area (Å²) in [5.74, 6) is -1.82. The lowest BCUT2D eigenvalue weighted by atomic mass is 10.0. The lowest BCUT2D eigenvalue weighted by Gasteiger charge is -2.31. The maximum Gasteiger partial charge on any atom is 0.161 e. The van der Waals surface area contributed by atoms with Crippen molar-refractivity contribution in [1.29, 1.82) is 0 Å². The molecule has 0 unspecified atom stereocenters. The van der Waals surface area contributed by atoms with Gasteiger partial charge in [0.2, 0.25) is 0 Å². The van der Waals surface area contributed by atoms with E-state index < -0.39 is 11.6 Å². The van der Waals surface area contributed by atoms with E-state index in [1.165, 1.54) is 11.4 Å². The van der Waals surface area contributed by atoms with Gasteiger partial charge in [0.15, 0.2) is 11.6 Å². The number of halogens is 2. The van der Waals surface area contributed by atoms with Crippen molar-refractivity contribution in [2.24, 2.45) is 0 Å². The zero-order valence-corrected chi connectivity index (χ0v) is 16.4. The highest BCUT2D eigenvalue weighted by atomic mass is 19.2. The SMILES string of the molecule is Cc1cc(C=Cc2cnc3cc(F)c(F)cc3n2)c(C)n1C1CCN(C)CC1. The highest BCUT2D eigenvalue weighted by Crippen LogP contribution is 2.29. The molecule has 2 aromatic heterocycles. The summed E-state index contributed by atoms with van der Waals surface area (Å²) >= 11 is 0. The number of aromatic nitrogens is 3. The van der Waals surface area contributed by atoms with E-state index in [4.69, 9.17) is 0 Å². The Morgan fingerprint density at radius 3 is 2.39 bits per heavy atom. The first-order chi connectivity index (χ1) is 13.4. The molecule has 3 aromatic rings.